The number of rotatable bonds is 1. The number of hydrogen-bond donors (Lipinski definition) is 1. The Morgan fingerprint density at radius 1 is 1.15 bits per heavy atom. The van der Waals surface area contributed by atoms with Gasteiger partial charge in [-0.1, -0.05) is 0 Å². The van der Waals surface area contributed by atoms with Crippen LogP contribution in [0, 0.1) is 23.4 Å². The Balaban J connectivity index is 2.31. The van der Waals surface area contributed by atoms with Gasteiger partial charge in [-0.2, -0.15) is 13.2 Å². The van der Waals surface area contributed by atoms with Crippen LogP contribution in [0.5, 0.6) is 0 Å². The molecule has 1 heterocycles. The van der Waals surface area contributed by atoms with Gasteiger partial charge in [0, 0.05) is 38.3 Å². The lowest BCUT2D eigenvalue weighted by Gasteiger charge is -2.27. The lowest BCUT2D eigenvalue weighted by atomic mass is 10.1. The number of alkyl halides is 3. The van der Waals surface area contributed by atoms with Crippen LogP contribution in [0.1, 0.15) is 0 Å². The first-order valence-electron chi connectivity index (χ1n) is 5.96. The molecule has 0 saturated carbocycles. The standard InChI is InChI=1S/C12H12F6N2/c13-8-3-9(14)11(15)10(4-8)20-2-1-19-5-7(6-20)12(16,17)18/h3-4,7,19H,1-2,5-6H2. The third-order valence-corrected chi connectivity index (χ3v) is 3.17. The van der Waals surface area contributed by atoms with Crippen molar-refractivity contribution in [2.75, 3.05) is 31.1 Å². The van der Waals surface area contributed by atoms with Gasteiger partial charge in [0.1, 0.15) is 5.82 Å². The average Bonchev–Trinajstić information content (AvgIpc) is 2.58. The molecule has 0 aliphatic carbocycles. The first-order chi connectivity index (χ1) is 9.29. The van der Waals surface area contributed by atoms with Crippen LogP contribution >= 0.6 is 0 Å². The van der Waals surface area contributed by atoms with E-state index in [0.29, 0.717) is 12.1 Å². The van der Waals surface area contributed by atoms with Crippen molar-refractivity contribution < 1.29 is 26.3 Å². The topological polar surface area (TPSA) is 15.3 Å². The zero-order chi connectivity index (χ0) is 14.9. The monoisotopic (exact) mass is 298 g/mol. The van der Waals surface area contributed by atoms with E-state index in [9.17, 15) is 26.3 Å². The normalized spacial score (nSPS) is 20.9. The van der Waals surface area contributed by atoms with E-state index in [1.54, 1.807) is 0 Å². The summed E-state index contributed by atoms with van der Waals surface area (Å²) >= 11 is 0. The van der Waals surface area contributed by atoms with E-state index in [4.69, 9.17) is 0 Å². The molecule has 0 radical (unpaired) electrons. The average molecular weight is 298 g/mol. The minimum atomic E-state index is -4.46. The van der Waals surface area contributed by atoms with Gasteiger partial charge in [-0.25, -0.2) is 13.2 Å². The SMILES string of the molecule is Fc1cc(F)c(F)c(N2CCNCC(C(F)(F)F)C2)c1. The lowest BCUT2D eigenvalue weighted by Crippen LogP contribution is -2.38. The third-order valence-electron chi connectivity index (χ3n) is 3.17. The Hall–Kier alpha value is -1.44. The van der Waals surface area contributed by atoms with Crippen molar-refractivity contribution in [2.24, 2.45) is 5.92 Å². The molecule has 2 nitrogen and oxygen atoms in total. The second kappa shape index (κ2) is 5.51. The van der Waals surface area contributed by atoms with Crippen LogP contribution in [-0.4, -0.2) is 32.4 Å². The molecule has 1 aliphatic heterocycles. The highest BCUT2D eigenvalue weighted by atomic mass is 19.4. The Morgan fingerprint density at radius 3 is 2.50 bits per heavy atom. The van der Waals surface area contributed by atoms with Crippen LogP contribution in [0.25, 0.3) is 0 Å². The Labute approximate surface area is 111 Å². The Kier molecular flexibility index (Phi) is 4.12. The fraction of sp³-hybridized carbons (Fsp3) is 0.500. The fourth-order valence-corrected chi connectivity index (χ4v) is 2.12. The highest BCUT2D eigenvalue weighted by Crippen LogP contribution is 2.31. The second-order valence-corrected chi connectivity index (χ2v) is 4.61. The zero-order valence-corrected chi connectivity index (χ0v) is 10.3. The molecule has 2 rings (SSSR count). The van der Waals surface area contributed by atoms with Gasteiger partial charge in [0.15, 0.2) is 11.6 Å². The molecule has 20 heavy (non-hydrogen) atoms. The summed E-state index contributed by atoms with van der Waals surface area (Å²) in [4.78, 5) is 1.01. The van der Waals surface area contributed by atoms with E-state index < -0.39 is 41.8 Å². The molecule has 1 N–H and O–H groups in total. The zero-order valence-electron chi connectivity index (χ0n) is 10.3. The first kappa shape index (κ1) is 15.0. The Bertz CT molecular complexity index is 488. The summed E-state index contributed by atoms with van der Waals surface area (Å²) in [5, 5.41) is 2.58. The quantitative estimate of drug-likeness (QED) is 0.633. The van der Waals surface area contributed by atoms with Gasteiger partial charge in [-0.3, -0.25) is 0 Å². The minimum Gasteiger partial charge on any atom is -0.367 e. The molecule has 1 atom stereocenters. The summed E-state index contributed by atoms with van der Waals surface area (Å²) in [6, 6.07) is 1.06. The number of anilines is 1. The molecule has 112 valence electrons. The maximum Gasteiger partial charge on any atom is 0.394 e. The number of nitrogens with one attached hydrogen (secondary N) is 1. The lowest BCUT2D eigenvalue weighted by molar-refractivity contribution is -0.169. The number of benzene rings is 1. The summed E-state index contributed by atoms with van der Waals surface area (Å²) < 4.78 is 78.2. The van der Waals surface area contributed by atoms with E-state index in [2.05, 4.69) is 5.32 Å². The van der Waals surface area contributed by atoms with E-state index in [0.717, 1.165) is 4.90 Å². The largest absolute Gasteiger partial charge is 0.394 e. The van der Waals surface area contributed by atoms with Crippen LogP contribution in [-0.2, 0) is 0 Å². The van der Waals surface area contributed by atoms with Crippen LogP contribution < -0.4 is 10.2 Å². The van der Waals surface area contributed by atoms with Crippen LogP contribution in [0.15, 0.2) is 12.1 Å². The fourth-order valence-electron chi connectivity index (χ4n) is 2.12. The first-order valence-corrected chi connectivity index (χ1v) is 5.96. The smallest absolute Gasteiger partial charge is 0.367 e. The predicted molar refractivity (Wildman–Crippen MR) is 60.9 cm³/mol. The van der Waals surface area contributed by atoms with E-state index in [-0.39, 0.29) is 19.6 Å². The molecular formula is C12H12F6N2. The van der Waals surface area contributed by atoms with E-state index >= 15 is 0 Å². The molecule has 1 aliphatic rings. The number of hydrogen-bond acceptors (Lipinski definition) is 2. The summed E-state index contributed by atoms with van der Waals surface area (Å²) in [5.41, 5.74) is -0.486. The van der Waals surface area contributed by atoms with Crippen molar-refractivity contribution in [3.05, 3.63) is 29.6 Å². The summed E-state index contributed by atoms with van der Waals surface area (Å²) in [5.74, 6) is -5.51. The van der Waals surface area contributed by atoms with E-state index in [1.165, 1.54) is 0 Å². The van der Waals surface area contributed by atoms with Crippen molar-refractivity contribution in [3.8, 4) is 0 Å². The van der Waals surface area contributed by atoms with Gasteiger partial charge in [-0.05, 0) is 0 Å². The van der Waals surface area contributed by atoms with Crippen molar-refractivity contribution in [1.29, 1.82) is 0 Å². The predicted octanol–water partition coefficient (Wildman–Crippen LogP) is 2.69. The van der Waals surface area contributed by atoms with Gasteiger partial charge in [0.2, 0.25) is 0 Å². The van der Waals surface area contributed by atoms with Crippen LogP contribution in [0.3, 0.4) is 0 Å². The summed E-state index contributed by atoms with van der Waals surface area (Å²) in [6.07, 6.45) is -4.46. The molecular weight excluding hydrogens is 286 g/mol. The van der Waals surface area contributed by atoms with Crippen molar-refractivity contribution in [2.45, 2.75) is 6.18 Å². The Morgan fingerprint density at radius 2 is 1.85 bits per heavy atom. The summed E-state index contributed by atoms with van der Waals surface area (Å²) in [7, 11) is 0. The van der Waals surface area contributed by atoms with Crippen LogP contribution in [0.4, 0.5) is 32.0 Å². The molecule has 8 heteroatoms. The summed E-state index contributed by atoms with van der Waals surface area (Å²) in [6.45, 7) is -0.647. The molecule has 1 aromatic carbocycles. The van der Waals surface area contributed by atoms with Gasteiger partial charge < -0.3 is 10.2 Å². The molecule has 1 aromatic rings. The molecule has 0 spiro atoms. The van der Waals surface area contributed by atoms with Gasteiger partial charge in [0.05, 0.1) is 11.6 Å². The number of halogens is 6. The second-order valence-electron chi connectivity index (χ2n) is 4.61. The highest BCUT2D eigenvalue weighted by molar-refractivity contribution is 5.49. The highest BCUT2D eigenvalue weighted by Gasteiger charge is 2.41. The van der Waals surface area contributed by atoms with Gasteiger partial charge in [-0.15, -0.1) is 0 Å². The van der Waals surface area contributed by atoms with E-state index in [1.807, 2.05) is 0 Å². The maximum atomic E-state index is 13.6. The molecule has 0 amide bonds. The minimum absolute atomic E-state index is 0.0341. The van der Waals surface area contributed by atoms with Crippen molar-refractivity contribution in [1.82, 2.24) is 5.32 Å². The van der Waals surface area contributed by atoms with Crippen molar-refractivity contribution in [3.63, 3.8) is 0 Å². The molecule has 0 bridgehead atoms. The molecule has 0 aromatic heterocycles. The van der Waals surface area contributed by atoms with Gasteiger partial charge >= 0.3 is 6.18 Å². The van der Waals surface area contributed by atoms with Gasteiger partial charge in [0.25, 0.3) is 0 Å². The molecule has 1 saturated heterocycles. The third kappa shape index (κ3) is 3.17. The maximum absolute atomic E-state index is 13.6. The van der Waals surface area contributed by atoms with Crippen LogP contribution in [0.2, 0.25) is 0 Å². The molecule has 1 unspecified atom stereocenters. The molecule has 1 fully saturated rings. The number of nitrogens with zero attached hydrogens (tertiary/aromatic N) is 1. The van der Waals surface area contributed by atoms with Crippen molar-refractivity contribution >= 4 is 5.69 Å².